The van der Waals surface area contributed by atoms with Crippen molar-refractivity contribution in [2.45, 2.75) is 6.92 Å². The highest BCUT2D eigenvalue weighted by Gasteiger charge is 2.13. The van der Waals surface area contributed by atoms with Crippen LogP contribution < -0.4 is 11.1 Å². The van der Waals surface area contributed by atoms with Gasteiger partial charge in [0.05, 0.1) is 11.3 Å². The molecule has 0 aliphatic heterocycles. The number of aromatic carboxylic acids is 1. The minimum atomic E-state index is -0.994. The fraction of sp³-hybridized carbons (Fsp3) is 0.182. The summed E-state index contributed by atoms with van der Waals surface area (Å²) in [6, 6.07) is 3.24. The van der Waals surface area contributed by atoms with Crippen LogP contribution in [0.25, 0.3) is 10.8 Å². The highest BCUT2D eigenvalue weighted by atomic mass is 16.4. The Morgan fingerprint density at radius 1 is 1.35 bits per heavy atom. The number of hydrogen-bond donors (Lipinski definition) is 3. The molecule has 0 saturated carbocycles. The van der Waals surface area contributed by atoms with E-state index >= 15 is 0 Å². The van der Waals surface area contributed by atoms with Gasteiger partial charge in [-0.2, -0.15) is 5.10 Å². The van der Waals surface area contributed by atoms with Crippen LogP contribution in [0.4, 0.5) is 11.5 Å². The number of rotatable bonds is 2. The molecule has 0 fully saturated rings. The number of aryl methyl sites for hydroxylation is 1. The van der Waals surface area contributed by atoms with Crippen molar-refractivity contribution < 1.29 is 9.90 Å². The third-order valence-electron chi connectivity index (χ3n) is 2.63. The van der Waals surface area contributed by atoms with E-state index in [1.54, 1.807) is 26.1 Å². The highest BCUT2D eigenvalue weighted by Crippen LogP contribution is 2.27. The summed E-state index contributed by atoms with van der Waals surface area (Å²) < 4.78 is 0. The molecule has 0 unspecified atom stereocenters. The van der Waals surface area contributed by atoms with Crippen molar-refractivity contribution in [1.82, 2.24) is 10.2 Å². The number of aromatic nitrogens is 2. The first-order valence-electron chi connectivity index (χ1n) is 5.02. The van der Waals surface area contributed by atoms with Crippen molar-refractivity contribution in [3.05, 3.63) is 23.4 Å². The third-order valence-corrected chi connectivity index (χ3v) is 2.63. The van der Waals surface area contributed by atoms with Crippen LogP contribution in [0.1, 0.15) is 16.1 Å². The first kappa shape index (κ1) is 11.1. The topological polar surface area (TPSA) is 101 Å². The van der Waals surface area contributed by atoms with Gasteiger partial charge in [-0.1, -0.05) is 0 Å². The quantitative estimate of drug-likeness (QED) is 0.720. The van der Waals surface area contributed by atoms with E-state index in [1.807, 2.05) is 0 Å². The monoisotopic (exact) mass is 232 g/mol. The second-order valence-corrected chi connectivity index (χ2v) is 3.67. The van der Waals surface area contributed by atoms with E-state index < -0.39 is 5.97 Å². The minimum Gasteiger partial charge on any atom is -0.478 e. The molecular weight excluding hydrogens is 220 g/mol. The van der Waals surface area contributed by atoms with Gasteiger partial charge in [-0.15, -0.1) is 5.10 Å². The van der Waals surface area contributed by atoms with Gasteiger partial charge in [0.15, 0.2) is 5.82 Å². The normalized spacial score (nSPS) is 10.5. The molecule has 0 bridgehead atoms. The predicted molar refractivity (Wildman–Crippen MR) is 65.2 cm³/mol. The summed E-state index contributed by atoms with van der Waals surface area (Å²) in [5.41, 5.74) is 7.07. The highest BCUT2D eigenvalue weighted by molar-refractivity contribution is 6.03. The molecule has 0 aliphatic carbocycles. The molecule has 2 aromatic rings. The number of nitrogens with two attached hydrogens (primary N) is 1. The molecule has 1 heterocycles. The Hall–Kier alpha value is -2.37. The molecule has 4 N–H and O–H groups in total. The molecule has 2 rings (SSSR count). The maximum atomic E-state index is 11.1. The molecular formula is C11H12N4O2. The molecule has 6 heteroatoms. The average Bonchev–Trinajstić information content (AvgIpc) is 2.32. The molecule has 1 aromatic carbocycles. The van der Waals surface area contributed by atoms with Crippen molar-refractivity contribution >= 4 is 28.2 Å². The molecule has 0 atom stereocenters. The van der Waals surface area contributed by atoms with Crippen LogP contribution in [0.5, 0.6) is 0 Å². The van der Waals surface area contributed by atoms with Gasteiger partial charge in [-0.25, -0.2) is 4.79 Å². The SMILES string of the molecule is CNc1cc2c(N)nnc(C)c2cc1C(=O)O. The number of benzene rings is 1. The van der Waals surface area contributed by atoms with E-state index in [0.717, 1.165) is 0 Å². The molecule has 0 aliphatic rings. The summed E-state index contributed by atoms with van der Waals surface area (Å²) in [5, 5.41) is 21.0. The fourth-order valence-electron chi connectivity index (χ4n) is 1.73. The Labute approximate surface area is 97.5 Å². The molecule has 0 amide bonds. The van der Waals surface area contributed by atoms with Gasteiger partial charge in [-0.3, -0.25) is 0 Å². The van der Waals surface area contributed by atoms with E-state index in [2.05, 4.69) is 15.5 Å². The molecule has 17 heavy (non-hydrogen) atoms. The number of fused-ring (bicyclic) bond motifs is 1. The maximum Gasteiger partial charge on any atom is 0.337 e. The van der Waals surface area contributed by atoms with E-state index in [9.17, 15) is 4.79 Å². The summed E-state index contributed by atoms with van der Waals surface area (Å²) >= 11 is 0. The molecule has 0 radical (unpaired) electrons. The van der Waals surface area contributed by atoms with Crippen molar-refractivity contribution in [3.8, 4) is 0 Å². The Morgan fingerprint density at radius 2 is 2.06 bits per heavy atom. The zero-order valence-corrected chi connectivity index (χ0v) is 9.48. The van der Waals surface area contributed by atoms with Crippen molar-refractivity contribution in [2.24, 2.45) is 0 Å². The summed E-state index contributed by atoms with van der Waals surface area (Å²) in [6.45, 7) is 1.76. The second-order valence-electron chi connectivity index (χ2n) is 3.67. The standard InChI is InChI=1S/C11H12N4O2/c1-5-6-3-8(11(16)17)9(13-2)4-7(6)10(12)15-14-5/h3-4,13H,1-2H3,(H2,12,15)(H,16,17). The lowest BCUT2D eigenvalue weighted by Crippen LogP contribution is -2.05. The van der Waals surface area contributed by atoms with Crippen LogP contribution >= 0.6 is 0 Å². The Bertz CT molecular complexity index is 610. The zero-order valence-electron chi connectivity index (χ0n) is 9.48. The summed E-state index contributed by atoms with van der Waals surface area (Å²) in [6.07, 6.45) is 0. The van der Waals surface area contributed by atoms with Gasteiger partial charge in [-0.05, 0) is 19.1 Å². The number of nitrogen functional groups attached to an aromatic ring is 1. The van der Waals surface area contributed by atoms with Gasteiger partial charge in [0.1, 0.15) is 0 Å². The number of anilines is 2. The summed E-state index contributed by atoms with van der Waals surface area (Å²) in [5.74, 6) is -0.704. The van der Waals surface area contributed by atoms with Crippen molar-refractivity contribution in [2.75, 3.05) is 18.1 Å². The van der Waals surface area contributed by atoms with Crippen LogP contribution in [0.3, 0.4) is 0 Å². The van der Waals surface area contributed by atoms with Gasteiger partial charge < -0.3 is 16.2 Å². The lowest BCUT2D eigenvalue weighted by atomic mass is 10.0. The van der Waals surface area contributed by atoms with E-state index in [0.29, 0.717) is 28.0 Å². The van der Waals surface area contributed by atoms with Gasteiger partial charge >= 0.3 is 5.97 Å². The van der Waals surface area contributed by atoms with Crippen LogP contribution in [0.2, 0.25) is 0 Å². The minimum absolute atomic E-state index is 0.190. The number of carboxylic acids is 1. The van der Waals surface area contributed by atoms with E-state index in [-0.39, 0.29) is 5.56 Å². The number of carbonyl (C=O) groups is 1. The van der Waals surface area contributed by atoms with E-state index in [1.165, 1.54) is 0 Å². The molecule has 1 aromatic heterocycles. The number of nitrogens with one attached hydrogen (secondary N) is 1. The van der Waals surface area contributed by atoms with Gasteiger partial charge in [0.2, 0.25) is 0 Å². The zero-order chi connectivity index (χ0) is 12.6. The molecule has 0 spiro atoms. The van der Waals surface area contributed by atoms with Crippen molar-refractivity contribution in [1.29, 1.82) is 0 Å². The molecule has 6 nitrogen and oxygen atoms in total. The molecule has 88 valence electrons. The fourth-order valence-corrected chi connectivity index (χ4v) is 1.73. The number of carboxylic acid groups (broad SMARTS) is 1. The number of nitrogens with zero attached hydrogens (tertiary/aromatic N) is 2. The first-order chi connectivity index (χ1) is 8.04. The van der Waals surface area contributed by atoms with Crippen LogP contribution in [0, 0.1) is 6.92 Å². The van der Waals surface area contributed by atoms with Gasteiger partial charge in [0.25, 0.3) is 0 Å². The summed E-state index contributed by atoms with van der Waals surface area (Å²) in [7, 11) is 1.66. The first-order valence-corrected chi connectivity index (χ1v) is 5.02. The van der Waals surface area contributed by atoms with Crippen molar-refractivity contribution in [3.63, 3.8) is 0 Å². The van der Waals surface area contributed by atoms with Crippen LogP contribution in [-0.2, 0) is 0 Å². The average molecular weight is 232 g/mol. The smallest absolute Gasteiger partial charge is 0.337 e. The Morgan fingerprint density at radius 3 is 2.65 bits per heavy atom. The second kappa shape index (κ2) is 3.89. The van der Waals surface area contributed by atoms with Gasteiger partial charge in [0, 0.05) is 23.5 Å². The largest absolute Gasteiger partial charge is 0.478 e. The Kier molecular flexibility index (Phi) is 2.55. The lowest BCUT2D eigenvalue weighted by Gasteiger charge is -2.09. The van der Waals surface area contributed by atoms with Crippen LogP contribution in [0.15, 0.2) is 12.1 Å². The third kappa shape index (κ3) is 1.73. The lowest BCUT2D eigenvalue weighted by molar-refractivity contribution is 0.0698. The number of hydrogen-bond acceptors (Lipinski definition) is 5. The van der Waals surface area contributed by atoms with E-state index in [4.69, 9.17) is 10.8 Å². The predicted octanol–water partition coefficient (Wildman–Crippen LogP) is 1.26. The maximum absolute atomic E-state index is 11.1. The Balaban J connectivity index is 2.87. The molecule has 0 saturated heterocycles. The summed E-state index contributed by atoms with van der Waals surface area (Å²) in [4.78, 5) is 11.1. The van der Waals surface area contributed by atoms with Crippen LogP contribution in [-0.4, -0.2) is 28.3 Å².